The maximum Gasteiger partial charge on any atom is 0.419 e. The number of fused-ring (bicyclic) bond motifs is 1. The third kappa shape index (κ3) is 3.54. The van der Waals surface area contributed by atoms with E-state index in [-0.39, 0.29) is 0 Å². The van der Waals surface area contributed by atoms with E-state index in [0.29, 0.717) is 45.0 Å². The average Bonchev–Trinajstić information content (AvgIpc) is 3.03. The van der Waals surface area contributed by atoms with E-state index in [2.05, 4.69) is 6.92 Å². The third-order valence-corrected chi connectivity index (χ3v) is 5.44. The second-order valence-electron chi connectivity index (χ2n) is 5.98. The Hall–Kier alpha value is -1.75. The minimum atomic E-state index is -0.438. The number of rotatable bonds is 4. The van der Waals surface area contributed by atoms with Gasteiger partial charge < -0.3 is 4.74 Å². The number of halogens is 3. The molecule has 3 aromatic rings. The molecule has 0 amide bonds. The van der Waals surface area contributed by atoms with Gasteiger partial charge in [-0.1, -0.05) is 54.7 Å². The van der Waals surface area contributed by atoms with Crippen LogP contribution < -0.4 is 0 Å². The van der Waals surface area contributed by atoms with Crippen molar-refractivity contribution in [2.75, 3.05) is 6.61 Å². The first-order chi connectivity index (χ1) is 12.9. The highest BCUT2D eigenvalue weighted by atomic mass is 35.5. The predicted octanol–water partition coefficient (Wildman–Crippen LogP) is 6.79. The van der Waals surface area contributed by atoms with E-state index in [4.69, 9.17) is 44.5 Å². The first kappa shape index (κ1) is 20.0. The van der Waals surface area contributed by atoms with Gasteiger partial charge in [0.25, 0.3) is 0 Å². The van der Waals surface area contributed by atoms with Crippen LogP contribution in [0, 0.1) is 0 Å². The minimum Gasteiger partial charge on any atom is -0.449 e. The molecule has 0 radical (unpaired) electrons. The van der Waals surface area contributed by atoms with Gasteiger partial charge in [0.15, 0.2) is 0 Å². The van der Waals surface area contributed by atoms with Gasteiger partial charge >= 0.3 is 6.09 Å². The lowest BCUT2D eigenvalue weighted by Crippen LogP contribution is -2.16. The molecular weight excluding hydrogens is 407 g/mol. The molecule has 0 fully saturated rings. The summed E-state index contributed by atoms with van der Waals surface area (Å²) in [5.41, 5.74) is 4.03. The van der Waals surface area contributed by atoms with Crippen LogP contribution in [0.5, 0.6) is 0 Å². The fraction of sp³-hybridized carbons (Fsp3) is 0.300. The van der Waals surface area contributed by atoms with Crippen molar-refractivity contribution >= 4 is 51.9 Å². The van der Waals surface area contributed by atoms with E-state index < -0.39 is 6.09 Å². The largest absolute Gasteiger partial charge is 0.449 e. The van der Waals surface area contributed by atoms with Crippen molar-refractivity contribution in [2.24, 2.45) is 0 Å². The fourth-order valence-corrected chi connectivity index (χ4v) is 3.81. The number of hydrogen-bond acceptors (Lipinski definition) is 3. The second-order valence-corrected chi connectivity index (χ2v) is 7.20. The number of carbonyl (C=O) groups is 1. The monoisotopic (exact) mass is 424 g/mol. The van der Waals surface area contributed by atoms with Crippen molar-refractivity contribution in [3.63, 3.8) is 0 Å². The van der Waals surface area contributed by atoms with Crippen molar-refractivity contribution in [1.29, 1.82) is 0 Å². The van der Waals surface area contributed by atoms with Gasteiger partial charge in [-0.3, -0.25) is 0 Å². The normalized spacial score (nSPS) is 11.2. The Labute approximate surface area is 173 Å². The lowest BCUT2D eigenvalue weighted by Gasteiger charge is -2.13. The summed E-state index contributed by atoms with van der Waals surface area (Å²) in [6.45, 7) is 6.07. The summed E-state index contributed by atoms with van der Waals surface area (Å²) >= 11 is 18.8. The first-order valence-electron chi connectivity index (χ1n) is 8.78. The van der Waals surface area contributed by atoms with Crippen LogP contribution in [0.15, 0.2) is 24.3 Å². The highest BCUT2D eigenvalue weighted by molar-refractivity contribution is 6.44. The molecule has 0 aliphatic rings. The Morgan fingerprint density at radius 2 is 1.74 bits per heavy atom. The summed E-state index contributed by atoms with van der Waals surface area (Å²) in [7, 11) is 0. The van der Waals surface area contributed by atoms with E-state index in [1.54, 1.807) is 19.1 Å². The topological polar surface area (TPSA) is 44.1 Å². The van der Waals surface area contributed by atoms with Gasteiger partial charge in [0.2, 0.25) is 0 Å². The van der Waals surface area contributed by atoms with E-state index in [9.17, 15) is 4.79 Å². The standard InChI is InChI=1S/C20H19Cl3N2O2/c1-4-11-7-8-16-19(24-17(5-2)25(16)20(26)27-6-3)18(11)12-9-14(22)15(23)10-13(12)21/h7-10H,4-6H2,1-3H3. The third-order valence-electron chi connectivity index (χ3n) is 4.41. The summed E-state index contributed by atoms with van der Waals surface area (Å²) < 4.78 is 6.74. The molecule has 1 heterocycles. The maximum absolute atomic E-state index is 12.5. The number of aryl methyl sites for hydroxylation is 2. The van der Waals surface area contributed by atoms with Crippen molar-refractivity contribution < 1.29 is 9.53 Å². The van der Waals surface area contributed by atoms with Crippen molar-refractivity contribution in [3.05, 3.63) is 50.7 Å². The molecule has 7 heteroatoms. The van der Waals surface area contributed by atoms with Gasteiger partial charge in [0.05, 0.1) is 32.7 Å². The molecule has 0 aliphatic carbocycles. The number of ether oxygens (including phenoxy) is 1. The van der Waals surface area contributed by atoms with E-state index in [1.165, 1.54) is 4.57 Å². The first-order valence-corrected chi connectivity index (χ1v) is 9.91. The maximum atomic E-state index is 12.5. The van der Waals surface area contributed by atoms with E-state index in [0.717, 1.165) is 23.1 Å². The highest BCUT2D eigenvalue weighted by Crippen LogP contribution is 2.40. The molecule has 142 valence electrons. The van der Waals surface area contributed by atoms with Crippen LogP contribution in [0.1, 0.15) is 32.2 Å². The fourth-order valence-electron chi connectivity index (χ4n) is 3.17. The Morgan fingerprint density at radius 3 is 2.37 bits per heavy atom. The number of imidazole rings is 1. The lowest BCUT2D eigenvalue weighted by molar-refractivity contribution is 0.154. The number of aromatic nitrogens is 2. The molecule has 0 unspecified atom stereocenters. The van der Waals surface area contributed by atoms with Crippen molar-refractivity contribution in [2.45, 2.75) is 33.6 Å². The molecule has 0 saturated carbocycles. The van der Waals surface area contributed by atoms with Crippen LogP contribution in [0.25, 0.3) is 22.2 Å². The average molecular weight is 426 g/mol. The lowest BCUT2D eigenvalue weighted by atomic mass is 9.96. The van der Waals surface area contributed by atoms with Gasteiger partial charge in [-0.2, -0.15) is 0 Å². The van der Waals surface area contributed by atoms with Crippen LogP contribution in [0.3, 0.4) is 0 Å². The zero-order valence-electron chi connectivity index (χ0n) is 15.3. The summed E-state index contributed by atoms with van der Waals surface area (Å²) in [5.74, 6) is 0.633. The second kappa shape index (κ2) is 8.09. The Kier molecular flexibility index (Phi) is 5.99. The number of hydrogen-bond donors (Lipinski definition) is 0. The van der Waals surface area contributed by atoms with Crippen molar-refractivity contribution in [3.8, 4) is 11.1 Å². The molecule has 0 N–H and O–H groups in total. The Morgan fingerprint density at radius 1 is 1.04 bits per heavy atom. The summed E-state index contributed by atoms with van der Waals surface area (Å²) in [5, 5.41) is 1.29. The zero-order chi connectivity index (χ0) is 19.7. The highest BCUT2D eigenvalue weighted by Gasteiger charge is 2.22. The van der Waals surface area contributed by atoms with Gasteiger partial charge in [0.1, 0.15) is 5.82 Å². The molecule has 4 nitrogen and oxygen atoms in total. The van der Waals surface area contributed by atoms with E-state index >= 15 is 0 Å². The molecular formula is C20H19Cl3N2O2. The Bertz CT molecular complexity index is 1030. The molecule has 0 spiro atoms. The van der Waals surface area contributed by atoms with E-state index in [1.807, 2.05) is 19.1 Å². The SMILES string of the molecule is CCOC(=O)n1c(CC)nc2c(-c3cc(Cl)c(Cl)cc3Cl)c(CC)ccc21. The summed E-state index contributed by atoms with van der Waals surface area (Å²) in [6.07, 6.45) is 0.922. The number of carbonyl (C=O) groups excluding carboxylic acids is 1. The van der Waals surface area contributed by atoms with Crippen LogP contribution in [0.4, 0.5) is 4.79 Å². The number of nitrogens with zero attached hydrogens (tertiary/aromatic N) is 2. The molecule has 1 aromatic heterocycles. The van der Waals surface area contributed by atoms with Crippen LogP contribution >= 0.6 is 34.8 Å². The predicted molar refractivity (Wildman–Crippen MR) is 111 cm³/mol. The Balaban J connectivity index is 2.38. The zero-order valence-corrected chi connectivity index (χ0v) is 17.5. The smallest absolute Gasteiger partial charge is 0.419 e. The molecule has 0 bridgehead atoms. The minimum absolute atomic E-state index is 0.292. The molecule has 2 aromatic carbocycles. The quantitative estimate of drug-likeness (QED) is 0.432. The molecule has 0 atom stereocenters. The van der Waals surface area contributed by atoms with Gasteiger partial charge in [-0.15, -0.1) is 0 Å². The summed E-state index contributed by atoms with van der Waals surface area (Å²) in [4.78, 5) is 17.2. The molecule has 0 aliphatic heterocycles. The van der Waals surface area contributed by atoms with Gasteiger partial charge in [-0.05, 0) is 37.1 Å². The molecule has 3 rings (SSSR count). The van der Waals surface area contributed by atoms with Crippen LogP contribution in [-0.4, -0.2) is 22.3 Å². The van der Waals surface area contributed by atoms with Gasteiger partial charge in [-0.25, -0.2) is 14.3 Å². The van der Waals surface area contributed by atoms with Gasteiger partial charge in [0, 0.05) is 17.5 Å². The molecule has 0 saturated heterocycles. The molecule has 27 heavy (non-hydrogen) atoms. The summed E-state index contributed by atoms with van der Waals surface area (Å²) in [6, 6.07) is 7.25. The number of benzene rings is 2. The van der Waals surface area contributed by atoms with Crippen molar-refractivity contribution in [1.82, 2.24) is 9.55 Å². The van der Waals surface area contributed by atoms with Crippen LogP contribution in [0.2, 0.25) is 15.1 Å². The van der Waals surface area contributed by atoms with Crippen LogP contribution in [-0.2, 0) is 17.6 Å².